The van der Waals surface area contributed by atoms with Crippen LogP contribution in [0.5, 0.6) is 0 Å². The third kappa shape index (κ3) is 3.45. The molecule has 0 saturated heterocycles. The van der Waals surface area contributed by atoms with Crippen LogP contribution in [-0.2, 0) is 4.79 Å². The number of benzene rings is 1. The average Bonchev–Trinajstić information content (AvgIpc) is 2.36. The molecule has 2 N–H and O–H groups in total. The number of urea groups is 1. The zero-order chi connectivity index (χ0) is 16.4. The summed E-state index contributed by atoms with van der Waals surface area (Å²) in [6.45, 7) is 4.14. The van der Waals surface area contributed by atoms with Gasteiger partial charge in [0.25, 0.3) is 0 Å². The fourth-order valence-electron chi connectivity index (χ4n) is 1.71. The number of carbonyl (C=O) groups is 2. The number of hydrogen-bond donors (Lipinski definition) is 2. The summed E-state index contributed by atoms with van der Waals surface area (Å²) < 4.78 is 39.3. The molecular formula is C13H15F3N2O3. The lowest BCUT2D eigenvalue weighted by Gasteiger charge is -2.34. The van der Waals surface area contributed by atoms with E-state index in [2.05, 4.69) is 0 Å². The lowest BCUT2D eigenvalue weighted by Crippen LogP contribution is -2.54. The number of anilines is 1. The van der Waals surface area contributed by atoms with Gasteiger partial charge in [-0.1, -0.05) is 0 Å². The fourth-order valence-corrected chi connectivity index (χ4v) is 1.71. The van der Waals surface area contributed by atoms with Gasteiger partial charge < -0.3 is 15.3 Å². The van der Waals surface area contributed by atoms with Gasteiger partial charge in [-0.3, -0.25) is 0 Å². The summed E-state index contributed by atoms with van der Waals surface area (Å²) in [4.78, 5) is 24.1. The predicted molar refractivity (Wildman–Crippen MR) is 69.4 cm³/mol. The minimum absolute atomic E-state index is 0.0242. The number of rotatable bonds is 4. The summed E-state index contributed by atoms with van der Waals surface area (Å²) in [5.41, 5.74) is -2.12. The van der Waals surface area contributed by atoms with Crippen molar-refractivity contribution in [3.63, 3.8) is 0 Å². The van der Waals surface area contributed by atoms with Crippen LogP contribution in [0.25, 0.3) is 0 Å². The van der Waals surface area contributed by atoms with Crippen molar-refractivity contribution in [3.05, 3.63) is 29.6 Å². The second-order valence-electron chi connectivity index (χ2n) is 4.78. The van der Waals surface area contributed by atoms with E-state index in [0.29, 0.717) is 12.1 Å². The van der Waals surface area contributed by atoms with E-state index in [1.54, 1.807) is 0 Å². The van der Waals surface area contributed by atoms with Gasteiger partial charge in [0.15, 0.2) is 11.6 Å². The Labute approximate surface area is 119 Å². The number of carbonyl (C=O) groups excluding carboxylic acids is 1. The molecule has 0 radical (unpaired) electrons. The van der Waals surface area contributed by atoms with E-state index in [0.717, 1.165) is 4.90 Å². The van der Waals surface area contributed by atoms with Gasteiger partial charge in [-0.15, -0.1) is 0 Å². The molecule has 0 unspecified atom stereocenters. The molecule has 0 aliphatic rings. The number of carboxylic acids is 1. The summed E-state index contributed by atoms with van der Waals surface area (Å²) in [5, 5.41) is 11.1. The highest BCUT2D eigenvalue weighted by atomic mass is 19.2. The molecular weight excluding hydrogens is 289 g/mol. The van der Waals surface area contributed by atoms with Gasteiger partial charge in [0, 0.05) is 18.7 Å². The molecule has 2 amide bonds. The number of nitrogens with zero attached hydrogens (tertiary/aromatic N) is 1. The molecule has 0 fully saturated rings. The quantitative estimate of drug-likeness (QED) is 0.840. The molecule has 1 rings (SSSR count). The maximum atomic E-state index is 13.5. The number of aliphatic carboxylic acids is 1. The van der Waals surface area contributed by atoms with E-state index in [9.17, 15) is 22.8 Å². The van der Waals surface area contributed by atoms with E-state index in [4.69, 9.17) is 5.11 Å². The van der Waals surface area contributed by atoms with Crippen molar-refractivity contribution < 1.29 is 27.9 Å². The Hall–Kier alpha value is -2.25. The third-order valence-corrected chi connectivity index (χ3v) is 3.01. The van der Waals surface area contributed by atoms with Gasteiger partial charge in [0.05, 0.1) is 5.69 Å². The van der Waals surface area contributed by atoms with Crippen LogP contribution in [0, 0.1) is 17.5 Å². The molecule has 21 heavy (non-hydrogen) atoms. The Morgan fingerprint density at radius 1 is 1.19 bits per heavy atom. The molecule has 8 heteroatoms. The molecule has 0 aliphatic carbocycles. The van der Waals surface area contributed by atoms with E-state index < -0.39 is 40.7 Å². The Bertz CT molecular complexity index is 576. The summed E-state index contributed by atoms with van der Waals surface area (Å²) in [7, 11) is 0. The van der Waals surface area contributed by atoms with Crippen molar-refractivity contribution in [2.45, 2.75) is 26.3 Å². The first-order valence-electron chi connectivity index (χ1n) is 6.07. The van der Waals surface area contributed by atoms with Gasteiger partial charge in [-0.25, -0.2) is 22.8 Å². The van der Waals surface area contributed by atoms with E-state index in [-0.39, 0.29) is 6.54 Å². The van der Waals surface area contributed by atoms with Gasteiger partial charge >= 0.3 is 12.0 Å². The molecule has 1 aromatic carbocycles. The first-order valence-corrected chi connectivity index (χ1v) is 6.07. The minimum Gasteiger partial charge on any atom is -0.480 e. The smallest absolute Gasteiger partial charge is 0.329 e. The summed E-state index contributed by atoms with van der Waals surface area (Å²) in [5.74, 6) is -5.13. The largest absolute Gasteiger partial charge is 0.480 e. The van der Waals surface area contributed by atoms with Gasteiger partial charge in [0.1, 0.15) is 11.4 Å². The van der Waals surface area contributed by atoms with Crippen molar-refractivity contribution in [1.82, 2.24) is 4.90 Å². The normalized spacial score (nSPS) is 11.1. The maximum Gasteiger partial charge on any atom is 0.329 e. The number of nitrogens with one attached hydrogen (secondary N) is 1. The first kappa shape index (κ1) is 16.8. The number of hydrogen-bond acceptors (Lipinski definition) is 2. The molecule has 0 bridgehead atoms. The van der Waals surface area contributed by atoms with Gasteiger partial charge in [0.2, 0.25) is 0 Å². The highest BCUT2D eigenvalue weighted by molar-refractivity contribution is 5.93. The highest BCUT2D eigenvalue weighted by Crippen LogP contribution is 2.21. The third-order valence-electron chi connectivity index (χ3n) is 3.01. The van der Waals surface area contributed by atoms with Crippen molar-refractivity contribution >= 4 is 17.7 Å². The molecule has 116 valence electrons. The molecule has 0 spiro atoms. The Kier molecular flexibility index (Phi) is 4.82. The van der Waals surface area contributed by atoms with Crippen LogP contribution in [0.3, 0.4) is 0 Å². The minimum atomic E-state index is -1.55. The molecule has 0 aliphatic heterocycles. The summed E-state index contributed by atoms with van der Waals surface area (Å²) in [6.07, 6.45) is 0. The second-order valence-corrected chi connectivity index (χ2v) is 4.78. The summed E-state index contributed by atoms with van der Waals surface area (Å²) in [6, 6.07) is -0.150. The Balaban J connectivity index is 3.04. The lowest BCUT2D eigenvalue weighted by molar-refractivity contribution is -0.147. The van der Waals surface area contributed by atoms with Crippen LogP contribution in [-0.4, -0.2) is 34.1 Å². The van der Waals surface area contributed by atoms with Crippen molar-refractivity contribution in [1.29, 1.82) is 0 Å². The monoisotopic (exact) mass is 304 g/mol. The van der Waals surface area contributed by atoms with Gasteiger partial charge in [-0.2, -0.15) is 0 Å². The SMILES string of the molecule is CCN(C(=O)Nc1cc(F)c(F)cc1F)C(C)(C)C(=O)O. The van der Waals surface area contributed by atoms with Crippen LogP contribution >= 0.6 is 0 Å². The molecule has 0 saturated carbocycles. The second kappa shape index (κ2) is 6.02. The lowest BCUT2D eigenvalue weighted by atomic mass is 10.0. The van der Waals surface area contributed by atoms with Crippen LogP contribution < -0.4 is 5.32 Å². The molecule has 0 aromatic heterocycles. The number of carboxylic acid groups (broad SMARTS) is 1. The van der Waals surface area contributed by atoms with Crippen molar-refractivity contribution in [3.8, 4) is 0 Å². The van der Waals surface area contributed by atoms with Gasteiger partial charge in [-0.05, 0) is 20.8 Å². The average molecular weight is 304 g/mol. The highest BCUT2D eigenvalue weighted by Gasteiger charge is 2.37. The van der Waals surface area contributed by atoms with Crippen molar-refractivity contribution in [2.24, 2.45) is 0 Å². The number of halogens is 3. The zero-order valence-corrected chi connectivity index (χ0v) is 11.7. The van der Waals surface area contributed by atoms with Crippen LogP contribution in [0.1, 0.15) is 20.8 Å². The molecule has 1 aromatic rings. The van der Waals surface area contributed by atoms with Crippen LogP contribution in [0.15, 0.2) is 12.1 Å². The molecule has 5 nitrogen and oxygen atoms in total. The predicted octanol–water partition coefficient (Wildman–Crippen LogP) is 2.82. The van der Waals surface area contributed by atoms with E-state index in [1.165, 1.54) is 20.8 Å². The fraction of sp³-hybridized carbons (Fsp3) is 0.385. The Morgan fingerprint density at radius 3 is 2.19 bits per heavy atom. The van der Waals surface area contributed by atoms with Crippen molar-refractivity contribution in [2.75, 3.05) is 11.9 Å². The summed E-state index contributed by atoms with van der Waals surface area (Å²) >= 11 is 0. The molecule has 0 heterocycles. The number of likely N-dealkylation sites (N-methyl/N-ethyl adjacent to an activating group) is 1. The first-order chi connectivity index (χ1) is 9.61. The Morgan fingerprint density at radius 2 is 1.71 bits per heavy atom. The maximum absolute atomic E-state index is 13.5. The van der Waals surface area contributed by atoms with E-state index >= 15 is 0 Å². The van der Waals surface area contributed by atoms with Crippen LogP contribution in [0.2, 0.25) is 0 Å². The van der Waals surface area contributed by atoms with Crippen LogP contribution in [0.4, 0.5) is 23.7 Å². The van der Waals surface area contributed by atoms with E-state index in [1.807, 2.05) is 5.32 Å². The molecule has 0 atom stereocenters. The number of amides is 2. The topological polar surface area (TPSA) is 69.6 Å². The zero-order valence-electron chi connectivity index (χ0n) is 11.7. The standard InChI is InChI=1S/C13H15F3N2O3/c1-4-18(13(2,3)11(19)20)12(21)17-10-6-8(15)7(14)5-9(10)16/h5-6H,4H2,1-3H3,(H,17,21)(H,19,20).